The van der Waals surface area contributed by atoms with Crippen LogP contribution in [-0.2, 0) is 4.79 Å². The van der Waals surface area contributed by atoms with Crippen LogP contribution in [0.1, 0.15) is 26.7 Å². The van der Waals surface area contributed by atoms with Gasteiger partial charge in [-0.1, -0.05) is 55.1 Å². The average Bonchev–Trinajstić information content (AvgIpc) is 2.23. The fourth-order valence-corrected chi connectivity index (χ4v) is 2.38. The van der Waals surface area contributed by atoms with E-state index in [1.807, 2.05) is 13.8 Å². The maximum absolute atomic E-state index is 11.8. The van der Waals surface area contributed by atoms with Crippen molar-refractivity contribution in [3.05, 3.63) is 27.2 Å². The summed E-state index contributed by atoms with van der Waals surface area (Å²) in [5, 5.41) is 3.87. The number of hydrogen-bond donors (Lipinski definition) is 1. The van der Waals surface area contributed by atoms with Crippen molar-refractivity contribution in [3.63, 3.8) is 0 Å². The lowest BCUT2D eigenvalue weighted by Gasteiger charge is -2.13. The summed E-state index contributed by atoms with van der Waals surface area (Å²) in [5.74, 6) is -0.152. The Bertz CT molecular complexity index is 397. The van der Waals surface area contributed by atoms with Gasteiger partial charge in [0.05, 0.1) is 15.7 Å². The molecule has 1 aromatic carbocycles. The Morgan fingerprint density at radius 1 is 1.29 bits per heavy atom. The highest BCUT2D eigenvalue weighted by Gasteiger charge is 2.15. The fraction of sp³-hybridized carbons (Fsp3) is 0.417. The molecule has 0 spiro atoms. The van der Waals surface area contributed by atoms with Crippen LogP contribution in [0.25, 0.3) is 0 Å². The largest absolute Gasteiger partial charge is 0.323 e. The lowest BCUT2D eigenvalue weighted by atomic mass is 10.1. The predicted octanol–water partition coefficient (Wildman–Crippen LogP) is 5.02. The Hall–Kier alpha value is -0.440. The van der Waals surface area contributed by atoms with Gasteiger partial charge in [-0.25, -0.2) is 0 Å². The van der Waals surface area contributed by atoms with Crippen LogP contribution in [0.3, 0.4) is 0 Å². The van der Waals surface area contributed by atoms with Crippen LogP contribution in [0.15, 0.2) is 12.1 Å². The molecule has 0 aliphatic heterocycles. The first-order valence-corrected chi connectivity index (χ1v) is 6.54. The summed E-state index contributed by atoms with van der Waals surface area (Å²) in [6.45, 7) is 3.91. The molecular formula is C12H14Cl3NO. The normalized spacial score (nSPS) is 12.3. The Balaban J connectivity index is 2.85. The van der Waals surface area contributed by atoms with Crippen LogP contribution >= 0.6 is 34.8 Å². The summed E-state index contributed by atoms with van der Waals surface area (Å²) in [7, 11) is 0. The number of carbonyl (C=O) groups excluding carboxylic acids is 1. The number of halogens is 3. The van der Waals surface area contributed by atoms with E-state index in [1.54, 1.807) is 12.1 Å². The zero-order valence-electron chi connectivity index (χ0n) is 9.69. The Labute approximate surface area is 116 Å². The summed E-state index contributed by atoms with van der Waals surface area (Å²) in [4.78, 5) is 11.8. The van der Waals surface area contributed by atoms with E-state index in [0.717, 1.165) is 12.8 Å². The van der Waals surface area contributed by atoms with Crippen molar-refractivity contribution in [3.8, 4) is 0 Å². The number of amides is 1. The predicted molar refractivity (Wildman–Crippen MR) is 74.2 cm³/mol. The van der Waals surface area contributed by atoms with Gasteiger partial charge in [0.1, 0.15) is 0 Å². The second kappa shape index (κ2) is 6.48. The van der Waals surface area contributed by atoms with Crippen LogP contribution in [0.2, 0.25) is 15.1 Å². The highest BCUT2D eigenvalue weighted by atomic mass is 35.5. The average molecular weight is 295 g/mol. The van der Waals surface area contributed by atoms with E-state index in [0.29, 0.717) is 20.8 Å². The summed E-state index contributed by atoms with van der Waals surface area (Å²) >= 11 is 17.7. The number of hydrogen-bond acceptors (Lipinski definition) is 1. The molecule has 1 rings (SSSR count). The molecule has 0 aliphatic carbocycles. The molecule has 2 nitrogen and oxygen atoms in total. The summed E-state index contributed by atoms with van der Waals surface area (Å²) in [5.41, 5.74) is 0.422. The van der Waals surface area contributed by atoms with Gasteiger partial charge < -0.3 is 5.32 Å². The molecule has 0 fully saturated rings. The first-order chi connectivity index (χ1) is 7.95. The molecule has 5 heteroatoms. The van der Waals surface area contributed by atoms with Crippen LogP contribution in [0.5, 0.6) is 0 Å². The molecule has 17 heavy (non-hydrogen) atoms. The van der Waals surface area contributed by atoms with Gasteiger partial charge in [-0.3, -0.25) is 4.79 Å². The maximum Gasteiger partial charge on any atom is 0.227 e. The van der Waals surface area contributed by atoms with E-state index >= 15 is 0 Å². The molecule has 0 heterocycles. The molecule has 1 N–H and O–H groups in total. The lowest BCUT2D eigenvalue weighted by Crippen LogP contribution is -2.20. The third-order valence-electron chi connectivity index (χ3n) is 2.42. The number of benzene rings is 1. The van der Waals surface area contributed by atoms with Crippen molar-refractivity contribution in [1.29, 1.82) is 0 Å². The molecule has 0 aromatic heterocycles. The smallest absolute Gasteiger partial charge is 0.227 e. The minimum absolute atomic E-state index is 0.0668. The monoisotopic (exact) mass is 293 g/mol. The van der Waals surface area contributed by atoms with Gasteiger partial charge in [0.2, 0.25) is 5.91 Å². The van der Waals surface area contributed by atoms with Crippen molar-refractivity contribution in [1.82, 2.24) is 0 Å². The van der Waals surface area contributed by atoms with Gasteiger partial charge in [0.25, 0.3) is 0 Å². The van der Waals surface area contributed by atoms with Crippen molar-refractivity contribution in [2.24, 2.45) is 5.92 Å². The topological polar surface area (TPSA) is 29.1 Å². The molecule has 0 saturated carbocycles. The molecule has 94 valence electrons. The Morgan fingerprint density at radius 3 is 2.29 bits per heavy atom. The second-order valence-corrected chi connectivity index (χ2v) is 5.17. The fourth-order valence-electron chi connectivity index (χ4n) is 1.47. The third kappa shape index (κ3) is 4.06. The Kier molecular flexibility index (Phi) is 5.57. The van der Waals surface area contributed by atoms with E-state index in [4.69, 9.17) is 34.8 Å². The van der Waals surface area contributed by atoms with Crippen molar-refractivity contribution in [2.45, 2.75) is 26.7 Å². The summed E-state index contributed by atoms with van der Waals surface area (Å²) in [6.07, 6.45) is 1.78. The van der Waals surface area contributed by atoms with Crippen molar-refractivity contribution >= 4 is 46.4 Å². The first-order valence-electron chi connectivity index (χ1n) is 5.41. The Morgan fingerprint density at radius 2 is 1.82 bits per heavy atom. The van der Waals surface area contributed by atoms with Crippen molar-refractivity contribution in [2.75, 3.05) is 5.32 Å². The molecule has 0 radical (unpaired) electrons. The standard InChI is InChI=1S/C12H14Cl3NO/c1-3-4-7(2)12(17)16-11-9(14)5-8(13)6-10(11)15/h5-7H,3-4H2,1-2H3,(H,16,17). The molecule has 0 saturated heterocycles. The van der Waals surface area contributed by atoms with Gasteiger partial charge in [-0.15, -0.1) is 0 Å². The molecule has 0 aliphatic rings. The van der Waals surface area contributed by atoms with E-state index in [9.17, 15) is 4.79 Å². The zero-order chi connectivity index (χ0) is 13.0. The van der Waals surface area contributed by atoms with E-state index in [-0.39, 0.29) is 11.8 Å². The SMILES string of the molecule is CCCC(C)C(=O)Nc1c(Cl)cc(Cl)cc1Cl. The van der Waals surface area contributed by atoms with E-state index in [2.05, 4.69) is 5.32 Å². The quantitative estimate of drug-likeness (QED) is 0.830. The van der Waals surface area contributed by atoms with Crippen LogP contribution in [-0.4, -0.2) is 5.91 Å². The van der Waals surface area contributed by atoms with Crippen LogP contribution < -0.4 is 5.32 Å². The van der Waals surface area contributed by atoms with Gasteiger partial charge in [0.15, 0.2) is 0 Å². The van der Waals surface area contributed by atoms with Crippen LogP contribution in [0.4, 0.5) is 5.69 Å². The minimum atomic E-state index is -0.0852. The van der Waals surface area contributed by atoms with Gasteiger partial charge >= 0.3 is 0 Å². The number of anilines is 1. The highest BCUT2D eigenvalue weighted by Crippen LogP contribution is 2.34. The second-order valence-electron chi connectivity index (χ2n) is 3.92. The van der Waals surface area contributed by atoms with E-state index in [1.165, 1.54) is 0 Å². The van der Waals surface area contributed by atoms with Gasteiger partial charge in [0, 0.05) is 10.9 Å². The number of rotatable bonds is 4. The molecular weight excluding hydrogens is 280 g/mol. The number of carbonyl (C=O) groups is 1. The third-order valence-corrected chi connectivity index (χ3v) is 3.24. The van der Waals surface area contributed by atoms with Gasteiger partial charge in [-0.2, -0.15) is 0 Å². The minimum Gasteiger partial charge on any atom is -0.323 e. The van der Waals surface area contributed by atoms with E-state index < -0.39 is 0 Å². The first kappa shape index (κ1) is 14.6. The van der Waals surface area contributed by atoms with Crippen LogP contribution in [0, 0.1) is 5.92 Å². The molecule has 1 unspecified atom stereocenters. The number of nitrogens with one attached hydrogen (secondary N) is 1. The highest BCUT2D eigenvalue weighted by molar-refractivity contribution is 6.42. The summed E-state index contributed by atoms with van der Waals surface area (Å²) in [6, 6.07) is 3.10. The molecule has 0 bridgehead atoms. The molecule has 1 atom stereocenters. The molecule has 1 amide bonds. The zero-order valence-corrected chi connectivity index (χ0v) is 12.0. The summed E-state index contributed by atoms with van der Waals surface area (Å²) < 4.78 is 0. The van der Waals surface area contributed by atoms with Crippen molar-refractivity contribution < 1.29 is 4.79 Å². The molecule has 1 aromatic rings. The lowest BCUT2D eigenvalue weighted by molar-refractivity contribution is -0.119. The maximum atomic E-state index is 11.8. The van der Waals surface area contributed by atoms with Gasteiger partial charge in [-0.05, 0) is 18.6 Å².